The zero-order valence-electron chi connectivity index (χ0n) is 8.62. The molecule has 0 aliphatic carbocycles. The van der Waals surface area contributed by atoms with Crippen LogP contribution in [-0.4, -0.2) is 11.1 Å². The fourth-order valence-corrected chi connectivity index (χ4v) is 1.81. The van der Waals surface area contributed by atoms with Crippen LogP contribution in [0.2, 0.25) is 0 Å². The third kappa shape index (κ3) is 1.93. The minimum absolute atomic E-state index is 0.0926. The molecular weight excluding hydrogens is 272 g/mol. The zero-order valence-corrected chi connectivity index (χ0v) is 10.2. The topological polar surface area (TPSA) is 47.3 Å². The van der Waals surface area contributed by atoms with Crippen molar-refractivity contribution < 1.29 is 9.21 Å². The smallest absolute Gasteiger partial charge is 0.347 e. The lowest BCUT2D eigenvalue weighted by Crippen LogP contribution is -2.14. The fraction of sp³-hybridized carbons (Fsp3) is 0.167. The predicted molar refractivity (Wildman–Crippen MR) is 65.3 cm³/mol. The van der Waals surface area contributed by atoms with Crippen molar-refractivity contribution in [2.75, 3.05) is 5.33 Å². The van der Waals surface area contributed by atoms with Crippen molar-refractivity contribution in [3.63, 3.8) is 0 Å². The van der Waals surface area contributed by atoms with Gasteiger partial charge >= 0.3 is 5.63 Å². The average Bonchev–Trinajstić information content (AvgIpc) is 2.28. The van der Waals surface area contributed by atoms with E-state index < -0.39 is 5.63 Å². The second-order valence-corrected chi connectivity index (χ2v) is 4.11. The lowest BCUT2D eigenvalue weighted by atomic mass is 10.1. The number of fused-ring (bicyclic) bond motifs is 1. The third-order valence-corrected chi connectivity index (χ3v) is 2.82. The first-order valence-electron chi connectivity index (χ1n) is 4.75. The summed E-state index contributed by atoms with van der Waals surface area (Å²) in [7, 11) is 0. The van der Waals surface area contributed by atoms with E-state index in [0.29, 0.717) is 5.58 Å². The number of hydrogen-bond donors (Lipinski definition) is 0. The molecule has 1 aromatic carbocycles. The number of carbonyl (C=O) groups is 1. The first kappa shape index (κ1) is 11.1. The van der Waals surface area contributed by atoms with Gasteiger partial charge in [-0.1, -0.05) is 27.6 Å². The maximum atomic E-state index is 11.5. The number of carbonyl (C=O) groups excluding carboxylic acids is 1. The summed E-state index contributed by atoms with van der Waals surface area (Å²) in [5, 5.41) is 0.888. The maximum Gasteiger partial charge on any atom is 0.347 e. The number of aryl methyl sites for hydroxylation is 1. The lowest BCUT2D eigenvalue weighted by molar-refractivity contribution is 0.102. The minimum Gasteiger partial charge on any atom is -0.422 e. The molecule has 0 N–H and O–H groups in total. The summed E-state index contributed by atoms with van der Waals surface area (Å²) >= 11 is 3.03. The molecule has 0 radical (unpaired) electrons. The molecular formula is C12H9BrO3. The highest BCUT2D eigenvalue weighted by Gasteiger charge is 2.12. The summed E-state index contributed by atoms with van der Waals surface area (Å²) in [5.74, 6) is -0.267. The molecule has 0 atom stereocenters. The van der Waals surface area contributed by atoms with Crippen LogP contribution in [0, 0.1) is 6.92 Å². The van der Waals surface area contributed by atoms with Crippen molar-refractivity contribution in [2.24, 2.45) is 0 Å². The van der Waals surface area contributed by atoms with E-state index in [-0.39, 0.29) is 16.7 Å². The van der Waals surface area contributed by atoms with E-state index in [1.807, 2.05) is 19.1 Å². The molecule has 0 spiro atoms. The second kappa shape index (κ2) is 4.22. The van der Waals surface area contributed by atoms with Gasteiger partial charge in [0, 0.05) is 5.39 Å². The molecule has 2 rings (SSSR count). The van der Waals surface area contributed by atoms with Crippen molar-refractivity contribution in [2.45, 2.75) is 6.92 Å². The zero-order chi connectivity index (χ0) is 11.7. The summed E-state index contributed by atoms with van der Waals surface area (Å²) in [6, 6.07) is 7.05. The molecule has 0 saturated carbocycles. The van der Waals surface area contributed by atoms with E-state index in [0.717, 1.165) is 10.9 Å². The Hall–Kier alpha value is -1.42. The molecule has 0 saturated heterocycles. The van der Waals surface area contributed by atoms with E-state index in [2.05, 4.69) is 15.9 Å². The van der Waals surface area contributed by atoms with E-state index in [4.69, 9.17) is 4.42 Å². The molecule has 0 fully saturated rings. The Morgan fingerprint density at radius 2 is 2.12 bits per heavy atom. The molecule has 82 valence electrons. The van der Waals surface area contributed by atoms with Gasteiger partial charge in [-0.2, -0.15) is 0 Å². The van der Waals surface area contributed by atoms with E-state index in [1.54, 1.807) is 12.1 Å². The van der Waals surface area contributed by atoms with Gasteiger partial charge in [0.2, 0.25) is 0 Å². The highest BCUT2D eigenvalue weighted by Crippen LogP contribution is 2.15. The maximum absolute atomic E-state index is 11.5. The van der Waals surface area contributed by atoms with Crippen molar-refractivity contribution in [3.05, 3.63) is 45.8 Å². The molecule has 0 aliphatic rings. The minimum atomic E-state index is -0.583. The van der Waals surface area contributed by atoms with E-state index in [1.165, 1.54) is 0 Å². The van der Waals surface area contributed by atoms with Gasteiger partial charge in [0.1, 0.15) is 11.1 Å². The molecule has 16 heavy (non-hydrogen) atoms. The number of hydrogen-bond acceptors (Lipinski definition) is 3. The Bertz CT molecular complexity index is 613. The monoisotopic (exact) mass is 280 g/mol. The van der Waals surface area contributed by atoms with Gasteiger partial charge in [0.15, 0.2) is 5.78 Å². The van der Waals surface area contributed by atoms with Gasteiger partial charge < -0.3 is 4.42 Å². The molecule has 0 unspecified atom stereocenters. The Balaban J connectivity index is 2.74. The van der Waals surface area contributed by atoms with Crippen LogP contribution in [0.1, 0.15) is 15.9 Å². The van der Waals surface area contributed by atoms with E-state index >= 15 is 0 Å². The Morgan fingerprint density at radius 1 is 1.38 bits per heavy atom. The summed E-state index contributed by atoms with van der Waals surface area (Å²) in [5.41, 5.74) is 1.07. The van der Waals surface area contributed by atoms with Crippen LogP contribution >= 0.6 is 15.9 Å². The van der Waals surface area contributed by atoms with Crippen LogP contribution in [0.5, 0.6) is 0 Å². The molecule has 0 amide bonds. The number of halogens is 1. The Kier molecular flexibility index (Phi) is 2.92. The lowest BCUT2D eigenvalue weighted by Gasteiger charge is -2.00. The molecule has 1 heterocycles. The molecule has 2 aromatic rings. The van der Waals surface area contributed by atoms with Crippen molar-refractivity contribution in [1.82, 2.24) is 0 Å². The molecule has 4 heteroatoms. The van der Waals surface area contributed by atoms with Gasteiger partial charge in [0.25, 0.3) is 0 Å². The average molecular weight is 281 g/mol. The highest BCUT2D eigenvalue weighted by atomic mass is 79.9. The van der Waals surface area contributed by atoms with Crippen molar-refractivity contribution in [3.8, 4) is 0 Å². The number of ketones is 1. The summed E-state index contributed by atoms with van der Waals surface area (Å²) in [6.07, 6.45) is 0. The van der Waals surface area contributed by atoms with Crippen LogP contribution in [0.3, 0.4) is 0 Å². The van der Waals surface area contributed by atoms with Crippen molar-refractivity contribution in [1.29, 1.82) is 0 Å². The van der Waals surface area contributed by atoms with Gasteiger partial charge in [-0.3, -0.25) is 4.79 Å². The summed E-state index contributed by atoms with van der Waals surface area (Å²) in [6.45, 7) is 1.94. The Morgan fingerprint density at radius 3 is 2.81 bits per heavy atom. The molecule has 0 bridgehead atoms. The number of rotatable bonds is 2. The molecule has 0 aliphatic heterocycles. The van der Waals surface area contributed by atoms with Gasteiger partial charge in [-0.25, -0.2) is 4.79 Å². The largest absolute Gasteiger partial charge is 0.422 e. The standard InChI is InChI=1S/C12H9BrO3/c1-7-2-3-11-8(4-7)5-9(10(14)6-13)12(15)16-11/h2-5H,6H2,1H3. The number of Topliss-reactive ketones (excluding diaryl/α,β-unsaturated/α-hetero) is 1. The van der Waals surface area contributed by atoms with Crippen LogP contribution < -0.4 is 5.63 Å². The van der Waals surface area contributed by atoms with Crippen LogP contribution in [0.15, 0.2) is 33.5 Å². The van der Waals surface area contributed by atoms with Gasteiger partial charge in [-0.15, -0.1) is 0 Å². The van der Waals surface area contributed by atoms with E-state index in [9.17, 15) is 9.59 Å². The fourth-order valence-electron chi connectivity index (χ4n) is 1.51. The normalized spacial score (nSPS) is 10.6. The highest BCUT2D eigenvalue weighted by molar-refractivity contribution is 9.09. The Labute approximate surface area is 100 Å². The van der Waals surface area contributed by atoms with Crippen LogP contribution in [0.25, 0.3) is 11.0 Å². The second-order valence-electron chi connectivity index (χ2n) is 3.55. The van der Waals surface area contributed by atoms with Gasteiger partial charge in [-0.05, 0) is 25.1 Å². The third-order valence-electron chi connectivity index (χ3n) is 2.31. The SMILES string of the molecule is Cc1ccc2oc(=O)c(C(=O)CBr)cc2c1. The summed E-state index contributed by atoms with van der Waals surface area (Å²) < 4.78 is 5.07. The summed E-state index contributed by atoms with van der Waals surface area (Å²) in [4.78, 5) is 23.0. The quantitative estimate of drug-likeness (QED) is 0.483. The van der Waals surface area contributed by atoms with Crippen molar-refractivity contribution >= 4 is 32.7 Å². The molecule has 3 nitrogen and oxygen atoms in total. The number of benzene rings is 1. The molecule has 1 aromatic heterocycles. The van der Waals surface area contributed by atoms with Gasteiger partial charge in [0.05, 0.1) is 5.33 Å². The van der Waals surface area contributed by atoms with Crippen LogP contribution in [0.4, 0.5) is 0 Å². The van der Waals surface area contributed by atoms with Crippen LogP contribution in [-0.2, 0) is 0 Å². The first-order chi connectivity index (χ1) is 7.61. The first-order valence-corrected chi connectivity index (χ1v) is 5.87. The number of alkyl halides is 1. The predicted octanol–water partition coefficient (Wildman–Crippen LogP) is 2.68.